The first-order chi connectivity index (χ1) is 12.0. The van der Waals surface area contributed by atoms with E-state index in [4.69, 9.17) is 5.14 Å². The fourth-order valence-corrected chi connectivity index (χ4v) is 3.66. The predicted octanol–water partition coefficient (Wildman–Crippen LogP) is 3.64. The summed E-state index contributed by atoms with van der Waals surface area (Å²) in [5, 5.41) is 7.76. The second kappa shape index (κ2) is 6.24. The van der Waals surface area contributed by atoms with Gasteiger partial charge < -0.3 is 5.32 Å². The van der Waals surface area contributed by atoms with Gasteiger partial charge in [-0.15, -0.1) is 0 Å². The van der Waals surface area contributed by atoms with E-state index in [9.17, 15) is 26.0 Å². The van der Waals surface area contributed by atoms with Crippen LogP contribution in [0.3, 0.4) is 0 Å². The molecule has 140 valence electrons. The fourth-order valence-electron chi connectivity index (χ4n) is 2.92. The number of hydrogen-bond acceptors (Lipinski definition) is 3. The Bertz CT molecular complexity index is 938. The minimum Gasteiger partial charge on any atom is -0.384 e. The zero-order chi connectivity index (χ0) is 19.2. The van der Waals surface area contributed by atoms with Crippen LogP contribution < -0.4 is 10.5 Å². The van der Waals surface area contributed by atoms with Crippen molar-refractivity contribution in [3.8, 4) is 0 Å². The molecule has 0 aromatic heterocycles. The van der Waals surface area contributed by atoms with Gasteiger partial charge in [0.15, 0.2) is 0 Å². The molecule has 0 heterocycles. The van der Waals surface area contributed by atoms with E-state index < -0.39 is 26.7 Å². The Morgan fingerprint density at radius 3 is 2.35 bits per heavy atom. The number of hydrogen-bond donors (Lipinski definition) is 2. The van der Waals surface area contributed by atoms with Gasteiger partial charge >= 0.3 is 6.18 Å². The summed E-state index contributed by atoms with van der Waals surface area (Å²) >= 11 is 0. The van der Waals surface area contributed by atoms with Gasteiger partial charge in [-0.05, 0) is 48.7 Å². The van der Waals surface area contributed by atoms with Crippen LogP contribution in [-0.2, 0) is 21.6 Å². The number of nitrogens with two attached hydrogens (primary N) is 1. The maximum atomic E-state index is 13.4. The average Bonchev–Trinajstić information content (AvgIpc) is 3.32. The molecule has 0 spiro atoms. The predicted molar refractivity (Wildman–Crippen MR) is 88.6 cm³/mol. The zero-order valence-corrected chi connectivity index (χ0v) is 14.3. The normalized spacial score (nSPS) is 16.3. The molecule has 1 aliphatic rings. The Morgan fingerprint density at radius 2 is 1.81 bits per heavy atom. The first-order valence-corrected chi connectivity index (χ1v) is 9.30. The van der Waals surface area contributed by atoms with Gasteiger partial charge in [0.1, 0.15) is 5.82 Å². The highest BCUT2D eigenvalue weighted by molar-refractivity contribution is 7.89. The lowest BCUT2D eigenvalue weighted by atomic mass is 9.95. The Labute approximate surface area is 148 Å². The highest BCUT2D eigenvalue weighted by atomic mass is 32.2. The van der Waals surface area contributed by atoms with Crippen molar-refractivity contribution in [2.75, 3.05) is 11.9 Å². The average molecular weight is 388 g/mol. The molecule has 0 bridgehead atoms. The summed E-state index contributed by atoms with van der Waals surface area (Å²) in [6.45, 7) is 0.308. The third-order valence-corrected chi connectivity index (χ3v) is 5.48. The number of nitrogens with one attached hydrogen (secondary N) is 1. The van der Waals surface area contributed by atoms with Crippen molar-refractivity contribution in [1.82, 2.24) is 0 Å². The summed E-state index contributed by atoms with van der Waals surface area (Å²) < 4.78 is 75.7. The van der Waals surface area contributed by atoms with Crippen molar-refractivity contribution in [3.05, 3.63) is 59.4 Å². The second-order valence-electron chi connectivity index (χ2n) is 6.40. The molecule has 2 aromatic rings. The molecule has 0 atom stereocenters. The number of primary sulfonamides is 1. The van der Waals surface area contributed by atoms with Crippen molar-refractivity contribution in [1.29, 1.82) is 0 Å². The van der Waals surface area contributed by atoms with Crippen LogP contribution in [0.4, 0.5) is 23.2 Å². The van der Waals surface area contributed by atoms with E-state index in [0.29, 0.717) is 6.54 Å². The summed E-state index contributed by atoms with van der Waals surface area (Å²) in [5.74, 6) is -0.370. The summed E-state index contributed by atoms with van der Waals surface area (Å²) in [6, 6.07) is 8.91. The SMILES string of the molecule is NS(=O)(=O)c1ccc(NCC2(c3cccc(F)c3)CC2)cc1C(F)(F)F. The van der Waals surface area contributed by atoms with Crippen LogP contribution in [0.2, 0.25) is 0 Å². The number of benzene rings is 2. The number of rotatable bonds is 5. The van der Waals surface area contributed by atoms with Gasteiger partial charge in [-0.3, -0.25) is 0 Å². The number of alkyl halides is 3. The molecule has 1 aliphatic carbocycles. The molecule has 2 aromatic carbocycles. The van der Waals surface area contributed by atoms with Crippen molar-refractivity contribution in [2.45, 2.75) is 29.3 Å². The van der Waals surface area contributed by atoms with Gasteiger partial charge in [0.2, 0.25) is 10.0 Å². The maximum absolute atomic E-state index is 13.4. The highest BCUT2D eigenvalue weighted by Crippen LogP contribution is 2.48. The molecule has 0 radical (unpaired) electrons. The summed E-state index contributed by atoms with van der Waals surface area (Å²) in [4.78, 5) is -0.971. The molecule has 0 amide bonds. The van der Waals surface area contributed by atoms with Gasteiger partial charge in [0.05, 0.1) is 10.5 Å². The second-order valence-corrected chi connectivity index (χ2v) is 7.93. The van der Waals surface area contributed by atoms with Crippen molar-refractivity contribution < 1.29 is 26.0 Å². The van der Waals surface area contributed by atoms with Crippen LogP contribution in [-0.4, -0.2) is 15.0 Å². The third kappa shape index (κ3) is 3.83. The van der Waals surface area contributed by atoms with Crippen LogP contribution in [0.25, 0.3) is 0 Å². The van der Waals surface area contributed by atoms with Crippen LogP contribution in [0.15, 0.2) is 47.4 Å². The smallest absolute Gasteiger partial charge is 0.384 e. The maximum Gasteiger partial charge on any atom is 0.417 e. The number of sulfonamides is 1. The first-order valence-electron chi connectivity index (χ1n) is 7.75. The zero-order valence-electron chi connectivity index (χ0n) is 13.5. The fraction of sp³-hybridized carbons (Fsp3) is 0.294. The van der Waals surface area contributed by atoms with E-state index in [2.05, 4.69) is 5.32 Å². The molecule has 1 saturated carbocycles. The first kappa shape index (κ1) is 18.7. The van der Waals surface area contributed by atoms with Crippen molar-refractivity contribution in [3.63, 3.8) is 0 Å². The van der Waals surface area contributed by atoms with E-state index in [1.165, 1.54) is 18.2 Å². The molecule has 26 heavy (non-hydrogen) atoms. The Kier molecular flexibility index (Phi) is 4.48. The summed E-state index contributed by atoms with van der Waals surface area (Å²) in [5.41, 5.74) is -0.755. The lowest BCUT2D eigenvalue weighted by Gasteiger charge is -2.19. The van der Waals surface area contributed by atoms with E-state index in [1.54, 1.807) is 12.1 Å². The van der Waals surface area contributed by atoms with Crippen LogP contribution in [0.1, 0.15) is 24.0 Å². The molecule has 0 aliphatic heterocycles. The minimum atomic E-state index is -4.86. The van der Waals surface area contributed by atoms with E-state index in [0.717, 1.165) is 30.5 Å². The van der Waals surface area contributed by atoms with Gasteiger partial charge in [0.25, 0.3) is 0 Å². The quantitative estimate of drug-likeness (QED) is 0.769. The molecule has 4 nitrogen and oxygen atoms in total. The number of anilines is 1. The molecular formula is C17H16F4N2O2S. The lowest BCUT2D eigenvalue weighted by Crippen LogP contribution is -2.21. The van der Waals surface area contributed by atoms with Crippen LogP contribution in [0.5, 0.6) is 0 Å². The van der Waals surface area contributed by atoms with Gasteiger partial charge in [-0.1, -0.05) is 12.1 Å². The van der Waals surface area contributed by atoms with Gasteiger partial charge in [-0.25, -0.2) is 17.9 Å². The summed E-state index contributed by atoms with van der Waals surface area (Å²) in [6.07, 6.45) is -3.30. The monoisotopic (exact) mass is 388 g/mol. The number of halogens is 4. The molecular weight excluding hydrogens is 372 g/mol. The Hall–Kier alpha value is -2.13. The Balaban J connectivity index is 1.85. The minimum absolute atomic E-state index is 0.118. The molecule has 0 unspecified atom stereocenters. The molecule has 3 N–H and O–H groups in total. The third-order valence-electron chi connectivity index (χ3n) is 4.51. The topological polar surface area (TPSA) is 72.2 Å². The Morgan fingerprint density at radius 1 is 1.12 bits per heavy atom. The summed E-state index contributed by atoms with van der Waals surface area (Å²) in [7, 11) is -4.50. The van der Waals surface area contributed by atoms with Gasteiger partial charge in [0, 0.05) is 17.6 Å². The van der Waals surface area contributed by atoms with Crippen molar-refractivity contribution in [2.24, 2.45) is 5.14 Å². The molecule has 3 rings (SSSR count). The van der Waals surface area contributed by atoms with E-state index >= 15 is 0 Å². The molecule has 1 fully saturated rings. The highest BCUT2D eigenvalue weighted by Gasteiger charge is 2.44. The largest absolute Gasteiger partial charge is 0.417 e. The van der Waals surface area contributed by atoms with E-state index in [1.807, 2.05) is 0 Å². The molecule has 9 heteroatoms. The molecule has 0 saturated heterocycles. The van der Waals surface area contributed by atoms with Crippen LogP contribution >= 0.6 is 0 Å². The standard InChI is InChI=1S/C17H16F4N2O2S/c18-12-3-1-2-11(8-12)16(6-7-16)10-23-13-4-5-15(26(22,24)25)14(9-13)17(19,20)21/h1-5,8-9,23H,6-7,10H2,(H2,22,24,25). The van der Waals surface area contributed by atoms with Gasteiger partial charge in [-0.2, -0.15) is 13.2 Å². The van der Waals surface area contributed by atoms with Crippen molar-refractivity contribution >= 4 is 15.7 Å². The van der Waals surface area contributed by atoms with Crippen LogP contribution in [0, 0.1) is 5.82 Å². The lowest BCUT2D eigenvalue weighted by molar-refractivity contribution is -0.139. The van der Waals surface area contributed by atoms with E-state index in [-0.39, 0.29) is 16.9 Å².